The maximum Gasteiger partial charge on any atom is 0.416 e. The molecule has 1 heterocycles. The Morgan fingerprint density at radius 1 is 1.00 bits per heavy atom. The van der Waals surface area contributed by atoms with Crippen LogP contribution in [0.25, 0.3) is 22.8 Å². The molecule has 0 N–H and O–H groups in total. The highest BCUT2D eigenvalue weighted by Crippen LogP contribution is 2.33. The van der Waals surface area contributed by atoms with Gasteiger partial charge in [0.25, 0.3) is 0 Å². The van der Waals surface area contributed by atoms with E-state index < -0.39 is 11.7 Å². The Kier molecular flexibility index (Phi) is 3.82. The number of halogens is 3. The van der Waals surface area contributed by atoms with E-state index in [4.69, 9.17) is 9.15 Å². The quantitative estimate of drug-likeness (QED) is 0.678. The lowest BCUT2D eigenvalue weighted by molar-refractivity contribution is -0.137. The first-order valence-electron chi connectivity index (χ1n) is 6.75. The SMILES string of the molecule is COc1ccc(-c2cnc(-c3cccc(C(F)(F)F)c3)o2)cc1. The van der Waals surface area contributed by atoms with Gasteiger partial charge in [-0.15, -0.1) is 0 Å². The third-order valence-electron chi connectivity index (χ3n) is 3.32. The van der Waals surface area contributed by atoms with E-state index >= 15 is 0 Å². The van der Waals surface area contributed by atoms with Crippen molar-refractivity contribution in [3.05, 3.63) is 60.3 Å². The second-order valence-corrected chi connectivity index (χ2v) is 4.84. The number of benzene rings is 2. The third-order valence-corrected chi connectivity index (χ3v) is 3.32. The van der Waals surface area contributed by atoms with Crippen LogP contribution in [0.3, 0.4) is 0 Å². The molecule has 3 rings (SSSR count). The van der Waals surface area contributed by atoms with Crippen molar-refractivity contribution in [3.8, 4) is 28.5 Å². The lowest BCUT2D eigenvalue weighted by Gasteiger charge is -2.06. The summed E-state index contributed by atoms with van der Waals surface area (Å²) in [4.78, 5) is 4.06. The first-order chi connectivity index (χ1) is 11.0. The summed E-state index contributed by atoms with van der Waals surface area (Å²) >= 11 is 0. The van der Waals surface area contributed by atoms with E-state index in [1.165, 1.54) is 18.3 Å². The van der Waals surface area contributed by atoms with Crippen LogP contribution in [0, 0.1) is 0 Å². The molecule has 0 saturated heterocycles. The maximum absolute atomic E-state index is 12.8. The zero-order valence-electron chi connectivity index (χ0n) is 12.1. The highest BCUT2D eigenvalue weighted by molar-refractivity contribution is 5.62. The van der Waals surface area contributed by atoms with Gasteiger partial charge in [0.2, 0.25) is 5.89 Å². The van der Waals surface area contributed by atoms with E-state index in [0.29, 0.717) is 11.5 Å². The molecule has 0 unspecified atom stereocenters. The van der Waals surface area contributed by atoms with Gasteiger partial charge in [0.1, 0.15) is 5.75 Å². The molecule has 0 aliphatic rings. The fraction of sp³-hybridized carbons (Fsp3) is 0.118. The topological polar surface area (TPSA) is 35.3 Å². The highest BCUT2D eigenvalue weighted by atomic mass is 19.4. The average Bonchev–Trinajstić information content (AvgIpc) is 3.04. The van der Waals surface area contributed by atoms with E-state index in [2.05, 4.69) is 4.98 Å². The Bertz CT molecular complexity index is 807. The largest absolute Gasteiger partial charge is 0.497 e. The van der Waals surface area contributed by atoms with Crippen molar-refractivity contribution >= 4 is 0 Å². The van der Waals surface area contributed by atoms with Gasteiger partial charge < -0.3 is 9.15 Å². The molecular weight excluding hydrogens is 307 g/mol. The lowest BCUT2D eigenvalue weighted by atomic mass is 10.1. The summed E-state index contributed by atoms with van der Waals surface area (Å²) in [6.45, 7) is 0. The minimum absolute atomic E-state index is 0.141. The van der Waals surface area contributed by atoms with Crippen LogP contribution in [0.1, 0.15) is 5.56 Å². The van der Waals surface area contributed by atoms with E-state index in [9.17, 15) is 13.2 Å². The molecule has 0 aliphatic carbocycles. The number of oxazole rings is 1. The monoisotopic (exact) mass is 319 g/mol. The molecule has 0 atom stereocenters. The average molecular weight is 319 g/mol. The van der Waals surface area contributed by atoms with Crippen molar-refractivity contribution in [3.63, 3.8) is 0 Å². The van der Waals surface area contributed by atoms with Crippen LogP contribution in [0.4, 0.5) is 13.2 Å². The first kappa shape index (κ1) is 15.1. The Morgan fingerprint density at radius 2 is 1.74 bits per heavy atom. The van der Waals surface area contributed by atoms with Crippen molar-refractivity contribution < 1.29 is 22.3 Å². The molecule has 3 aromatic rings. The number of methoxy groups -OCH3 is 1. The number of hydrogen-bond donors (Lipinski definition) is 0. The third kappa shape index (κ3) is 3.21. The van der Waals surface area contributed by atoms with Crippen molar-refractivity contribution in [2.75, 3.05) is 7.11 Å². The molecular formula is C17H12F3NO2. The minimum Gasteiger partial charge on any atom is -0.497 e. The van der Waals surface area contributed by atoms with Crippen molar-refractivity contribution in [2.45, 2.75) is 6.18 Å². The molecule has 0 saturated carbocycles. The number of nitrogens with zero attached hydrogens (tertiary/aromatic N) is 1. The normalized spacial score (nSPS) is 11.5. The molecule has 0 amide bonds. The van der Waals surface area contributed by atoms with Gasteiger partial charge in [0.15, 0.2) is 5.76 Å². The Balaban J connectivity index is 1.92. The summed E-state index contributed by atoms with van der Waals surface area (Å²) in [7, 11) is 1.56. The summed E-state index contributed by atoms with van der Waals surface area (Å²) < 4.78 is 48.9. The van der Waals surface area contributed by atoms with Gasteiger partial charge >= 0.3 is 6.18 Å². The summed E-state index contributed by atoms with van der Waals surface area (Å²) in [5.41, 5.74) is 0.301. The first-order valence-corrected chi connectivity index (χ1v) is 6.75. The van der Waals surface area contributed by atoms with E-state index in [-0.39, 0.29) is 11.5 Å². The highest BCUT2D eigenvalue weighted by Gasteiger charge is 2.30. The standard InChI is InChI=1S/C17H12F3NO2/c1-22-14-7-5-11(6-8-14)15-10-21-16(23-15)12-3-2-4-13(9-12)17(18,19)20/h2-10H,1H3. The van der Waals surface area contributed by atoms with Crippen LogP contribution in [-0.2, 0) is 6.18 Å². The molecule has 0 bridgehead atoms. The zero-order chi connectivity index (χ0) is 16.4. The fourth-order valence-electron chi connectivity index (χ4n) is 2.12. The number of aromatic nitrogens is 1. The summed E-state index contributed by atoms with van der Waals surface area (Å²) in [5.74, 6) is 1.31. The van der Waals surface area contributed by atoms with Crippen molar-refractivity contribution in [1.29, 1.82) is 0 Å². The second-order valence-electron chi connectivity index (χ2n) is 4.84. The molecule has 23 heavy (non-hydrogen) atoms. The van der Waals surface area contributed by atoms with Gasteiger partial charge in [-0.3, -0.25) is 0 Å². The summed E-state index contributed by atoms with van der Waals surface area (Å²) in [5, 5.41) is 0. The van der Waals surface area contributed by atoms with Crippen LogP contribution in [0.15, 0.2) is 59.1 Å². The van der Waals surface area contributed by atoms with Gasteiger partial charge in [-0.1, -0.05) is 6.07 Å². The van der Waals surface area contributed by atoms with Gasteiger partial charge in [-0.2, -0.15) is 13.2 Å². The van der Waals surface area contributed by atoms with E-state index in [1.807, 2.05) is 0 Å². The van der Waals surface area contributed by atoms with Crippen LogP contribution < -0.4 is 4.74 Å². The number of ether oxygens (including phenoxy) is 1. The molecule has 0 fully saturated rings. The fourth-order valence-corrected chi connectivity index (χ4v) is 2.12. The molecule has 6 heteroatoms. The molecule has 1 aromatic heterocycles. The van der Waals surface area contributed by atoms with E-state index in [1.54, 1.807) is 31.4 Å². The molecule has 3 nitrogen and oxygen atoms in total. The number of rotatable bonds is 3. The Morgan fingerprint density at radius 3 is 2.39 bits per heavy atom. The van der Waals surface area contributed by atoms with Gasteiger partial charge in [0.05, 0.1) is 18.9 Å². The second kappa shape index (κ2) is 5.79. The van der Waals surface area contributed by atoms with Crippen molar-refractivity contribution in [2.24, 2.45) is 0 Å². The Hall–Kier alpha value is -2.76. The molecule has 0 radical (unpaired) electrons. The number of alkyl halides is 3. The molecule has 0 spiro atoms. The smallest absolute Gasteiger partial charge is 0.416 e. The van der Waals surface area contributed by atoms with Crippen LogP contribution in [0.5, 0.6) is 5.75 Å². The van der Waals surface area contributed by atoms with Crippen LogP contribution in [-0.4, -0.2) is 12.1 Å². The maximum atomic E-state index is 12.8. The van der Waals surface area contributed by atoms with Gasteiger partial charge in [0, 0.05) is 11.1 Å². The van der Waals surface area contributed by atoms with Gasteiger partial charge in [-0.25, -0.2) is 4.98 Å². The van der Waals surface area contributed by atoms with Gasteiger partial charge in [-0.05, 0) is 42.5 Å². The Labute approximate surface area is 130 Å². The number of hydrogen-bond acceptors (Lipinski definition) is 3. The molecule has 2 aromatic carbocycles. The summed E-state index contributed by atoms with van der Waals surface area (Å²) in [6, 6.07) is 12.0. The molecule has 118 valence electrons. The lowest BCUT2D eigenvalue weighted by Crippen LogP contribution is -2.04. The van der Waals surface area contributed by atoms with Crippen molar-refractivity contribution in [1.82, 2.24) is 4.98 Å². The minimum atomic E-state index is -4.40. The van der Waals surface area contributed by atoms with Crippen LogP contribution >= 0.6 is 0 Å². The summed E-state index contributed by atoms with van der Waals surface area (Å²) in [6.07, 6.45) is -2.92. The molecule has 0 aliphatic heterocycles. The van der Waals surface area contributed by atoms with Crippen LogP contribution in [0.2, 0.25) is 0 Å². The predicted molar refractivity (Wildman–Crippen MR) is 78.9 cm³/mol. The zero-order valence-corrected chi connectivity index (χ0v) is 12.1. The van der Waals surface area contributed by atoms with E-state index in [0.717, 1.165) is 17.7 Å². The predicted octanol–water partition coefficient (Wildman–Crippen LogP) is 5.04.